The van der Waals surface area contributed by atoms with Crippen LogP contribution in [0.5, 0.6) is 0 Å². The average molecular weight is 671 g/mol. The lowest BCUT2D eigenvalue weighted by Gasteiger charge is -2.11. The van der Waals surface area contributed by atoms with Crippen molar-refractivity contribution in [2.75, 3.05) is 0 Å². The highest BCUT2D eigenvalue weighted by Gasteiger charge is 2.12. The van der Waals surface area contributed by atoms with Crippen LogP contribution in [0, 0.1) is 0 Å². The van der Waals surface area contributed by atoms with Crippen LogP contribution in [0.2, 0.25) is 0 Å². The lowest BCUT2D eigenvalue weighted by Crippen LogP contribution is -1.97. The number of aromatic nitrogens is 4. The SMILES string of the molecule is CCCCCCCCCCC/C=C/c1nc(-c2ccc(-c3ccccn3)c(/C=C/CCCCCCCCCCC)n2)ccc1-c1ccccn1. The zero-order valence-electron chi connectivity index (χ0n) is 31.2. The molecule has 0 bridgehead atoms. The fourth-order valence-electron chi connectivity index (χ4n) is 6.50. The van der Waals surface area contributed by atoms with Gasteiger partial charge in [0.25, 0.3) is 0 Å². The molecule has 4 aromatic rings. The number of rotatable bonds is 25. The maximum atomic E-state index is 5.18. The first-order valence-corrected chi connectivity index (χ1v) is 20.0. The van der Waals surface area contributed by atoms with E-state index in [-0.39, 0.29) is 0 Å². The highest BCUT2D eigenvalue weighted by atomic mass is 14.8. The predicted molar refractivity (Wildman–Crippen MR) is 216 cm³/mol. The number of hydrogen-bond donors (Lipinski definition) is 0. The van der Waals surface area contributed by atoms with E-state index in [1.54, 1.807) is 0 Å². The van der Waals surface area contributed by atoms with Gasteiger partial charge in [-0.2, -0.15) is 0 Å². The van der Waals surface area contributed by atoms with Crippen LogP contribution >= 0.6 is 0 Å². The van der Waals surface area contributed by atoms with Crippen LogP contribution in [-0.2, 0) is 0 Å². The molecule has 266 valence electrons. The molecule has 0 radical (unpaired) electrons. The topological polar surface area (TPSA) is 51.6 Å². The van der Waals surface area contributed by atoms with Gasteiger partial charge in [-0.05, 0) is 86.4 Å². The van der Waals surface area contributed by atoms with Crippen molar-refractivity contribution in [1.82, 2.24) is 19.9 Å². The van der Waals surface area contributed by atoms with Crippen molar-refractivity contribution in [3.63, 3.8) is 0 Å². The number of nitrogens with zero attached hydrogens (tertiary/aromatic N) is 4. The van der Waals surface area contributed by atoms with E-state index in [1.807, 2.05) is 36.7 Å². The number of allylic oxidation sites excluding steroid dienone is 2. The van der Waals surface area contributed by atoms with Crippen molar-refractivity contribution in [1.29, 1.82) is 0 Å². The summed E-state index contributed by atoms with van der Waals surface area (Å²) in [6.45, 7) is 4.57. The highest BCUT2D eigenvalue weighted by molar-refractivity contribution is 5.76. The Bertz CT molecular complexity index is 1410. The molecule has 0 aliphatic carbocycles. The normalized spacial score (nSPS) is 11.6. The second-order valence-corrected chi connectivity index (χ2v) is 13.7. The Labute approximate surface area is 304 Å². The smallest absolute Gasteiger partial charge is 0.0894 e. The minimum Gasteiger partial charge on any atom is -0.256 e. The van der Waals surface area contributed by atoms with Crippen molar-refractivity contribution in [2.45, 2.75) is 142 Å². The fourth-order valence-corrected chi connectivity index (χ4v) is 6.50. The predicted octanol–water partition coefficient (Wildman–Crippen LogP) is 14.1. The fraction of sp³-hybridized carbons (Fsp3) is 0.478. The van der Waals surface area contributed by atoms with Crippen LogP contribution in [0.1, 0.15) is 154 Å². The monoisotopic (exact) mass is 670 g/mol. The summed E-state index contributed by atoms with van der Waals surface area (Å²) in [6, 6.07) is 20.6. The zero-order valence-corrected chi connectivity index (χ0v) is 31.2. The lowest BCUT2D eigenvalue weighted by atomic mass is 10.0. The third-order valence-electron chi connectivity index (χ3n) is 9.49. The van der Waals surface area contributed by atoms with Gasteiger partial charge in [0.05, 0.1) is 34.2 Å². The van der Waals surface area contributed by atoms with Crippen LogP contribution in [-0.4, -0.2) is 19.9 Å². The quantitative estimate of drug-likeness (QED) is 0.0659. The molecule has 0 aromatic carbocycles. The number of pyridine rings is 4. The van der Waals surface area contributed by atoms with E-state index < -0.39 is 0 Å². The van der Waals surface area contributed by atoms with Gasteiger partial charge in [-0.3, -0.25) is 9.97 Å². The second-order valence-electron chi connectivity index (χ2n) is 13.7. The van der Waals surface area contributed by atoms with Gasteiger partial charge in [-0.25, -0.2) is 9.97 Å². The number of unbranched alkanes of at least 4 members (excludes halogenated alkanes) is 18. The van der Waals surface area contributed by atoms with Crippen molar-refractivity contribution >= 4 is 12.2 Å². The molecule has 0 fully saturated rings. The van der Waals surface area contributed by atoms with E-state index in [4.69, 9.17) is 9.97 Å². The van der Waals surface area contributed by atoms with Crippen molar-refractivity contribution in [2.24, 2.45) is 0 Å². The molecule has 50 heavy (non-hydrogen) atoms. The molecule has 0 N–H and O–H groups in total. The summed E-state index contributed by atoms with van der Waals surface area (Å²) in [5, 5.41) is 0. The van der Waals surface area contributed by atoms with E-state index in [0.29, 0.717) is 0 Å². The first-order chi connectivity index (χ1) is 24.8. The Balaban J connectivity index is 1.44. The third kappa shape index (κ3) is 14.1. The molecule has 0 aliphatic heterocycles. The maximum Gasteiger partial charge on any atom is 0.0894 e. The molecule has 4 heterocycles. The molecule has 0 saturated carbocycles. The van der Waals surface area contributed by atoms with E-state index in [1.165, 1.54) is 116 Å². The minimum atomic E-state index is 0.869. The highest BCUT2D eigenvalue weighted by Crippen LogP contribution is 2.29. The van der Waals surface area contributed by atoms with Gasteiger partial charge >= 0.3 is 0 Å². The molecule has 4 heteroatoms. The van der Waals surface area contributed by atoms with Crippen molar-refractivity contribution in [3.8, 4) is 33.9 Å². The van der Waals surface area contributed by atoms with E-state index in [2.05, 4.69) is 84.5 Å². The standard InChI is InChI=1S/C46H62N4/c1-3-5-7-9-11-13-15-17-19-21-23-31-43-39(41-29-25-27-37-47-41)33-35-45(49-43)46-36-34-40(42-30-26-28-38-48-42)44(50-46)32-24-22-20-18-16-14-12-10-8-6-4-2/h23-38H,3-22H2,1-2H3/b31-23+,32-24+. The molecule has 0 aliphatic rings. The Hall–Kier alpha value is -3.92. The number of hydrogen-bond acceptors (Lipinski definition) is 4. The Kier molecular flexibility index (Phi) is 18.9. The molecule has 4 rings (SSSR count). The van der Waals surface area contributed by atoms with Gasteiger partial charge in [-0.15, -0.1) is 0 Å². The first kappa shape index (κ1) is 38.9. The molecule has 0 spiro atoms. The second kappa shape index (κ2) is 24.3. The third-order valence-corrected chi connectivity index (χ3v) is 9.49. The summed E-state index contributed by atoms with van der Waals surface area (Å²) < 4.78 is 0. The first-order valence-electron chi connectivity index (χ1n) is 20.0. The van der Waals surface area contributed by atoms with Gasteiger partial charge in [0.1, 0.15) is 0 Å². The van der Waals surface area contributed by atoms with E-state index in [9.17, 15) is 0 Å². The molecule has 4 nitrogen and oxygen atoms in total. The summed E-state index contributed by atoms with van der Waals surface area (Å²) in [5.74, 6) is 0. The average Bonchev–Trinajstić information content (AvgIpc) is 3.16. The van der Waals surface area contributed by atoms with Crippen LogP contribution in [0.4, 0.5) is 0 Å². The Morgan fingerprint density at radius 3 is 1.14 bits per heavy atom. The summed E-state index contributed by atoms with van der Waals surface area (Å²) >= 11 is 0. The summed E-state index contributed by atoms with van der Waals surface area (Å²) in [6.07, 6.45) is 38.9. The van der Waals surface area contributed by atoms with Crippen molar-refractivity contribution in [3.05, 3.63) is 96.6 Å². The summed E-state index contributed by atoms with van der Waals surface area (Å²) in [5.41, 5.74) is 7.58. The molecule has 0 saturated heterocycles. The summed E-state index contributed by atoms with van der Waals surface area (Å²) in [4.78, 5) is 19.7. The van der Waals surface area contributed by atoms with Crippen LogP contribution in [0.3, 0.4) is 0 Å². The molecule has 4 aromatic heterocycles. The van der Waals surface area contributed by atoms with Gasteiger partial charge in [-0.1, -0.05) is 141 Å². The van der Waals surface area contributed by atoms with Crippen molar-refractivity contribution < 1.29 is 0 Å². The van der Waals surface area contributed by atoms with Crippen LogP contribution < -0.4 is 0 Å². The largest absolute Gasteiger partial charge is 0.256 e. The van der Waals surface area contributed by atoms with Crippen LogP contribution in [0.25, 0.3) is 46.1 Å². The minimum absolute atomic E-state index is 0.869. The Morgan fingerprint density at radius 1 is 0.400 bits per heavy atom. The van der Waals surface area contributed by atoms with E-state index in [0.717, 1.165) is 58.1 Å². The zero-order chi connectivity index (χ0) is 34.9. The molecule has 0 unspecified atom stereocenters. The molecular weight excluding hydrogens is 609 g/mol. The Morgan fingerprint density at radius 2 is 0.780 bits per heavy atom. The van der Waals surface area contributed by atoms with Crippen LogP contribution in [0.15, 0.2) is 85.2 Å². The van der Waals surface area contributed by atoms with Gasteiger partial charge in [0.15, 0.2) is 0 Å². The molecular formula is C46H62N4. The van der Waals surface area contributed by atoms with Gasteiger partial charge < -0.3 is 0 Å². The van der Waals surface area contributed by atoms with E-state index >= 15 is 0 Å². The van der Waals surface area contributed by atoms with Gasteiger partial charge in [0, 0.05) is 23.5 Å². The maximum absolute atomic E-state index is 5.18. The van der Waals surface area contributed by atoms with Gasteiger partial charge in [0.2, 0.25) is 0 Å². The lowest BCUT2D eigenvalue weighted by molar-refractivity contribution is 0.566. The summed E-state index contributed by atoms with van der Waals surface area (Å²) in [7, 11) is 0. The molecule has 0 atom stereocenters. The molecule has 0 amide bonds.